The Balaban J connectivity index is 1.05. The lowest BCUT2D eigenvalue weighted by Gasteiger charge is -2.52. The Kier molecular flexibility index (Phi) is 6.64. The Morgan fingerprint density at radius 1 is 1.05 bits per heavy atom. The first-order chi connectivity index (χ1) is 19.8. The molecule has 3 aromatic heterocycles. The summed E-state index contributed by atoms with van der Waals surface area (Å²) in [5, 5.41) is 15.4. The molecular formula is C32H29Cl2N3O4. The normalized spacial score (nSPS) is 24.0. The third-order valence-corrected chi connectivity index (χ3v) is 9.75. The van der Waals surface area contributed by atoms with Gasteiger partial charge in [0.2, 0.25) is 0 Å². The minimum absolute atomic E-state index is 0.0591. The van der Waals surface area contributed by atoms with Crippen molar-refractivity contribution >= 4 is 46.2 Å². The molecule has 41 heavy (non-hydrogen) atoms. The lowest BCUT2D eigenvalue weighted by Crippen LogP contribution is -2.46. The van der Waals surface area contributed by atoms with Gasteiger partial charge < -0.3 is 14.4 Å². The van der Waals surface area contributed by atoms with E-state index in [1.54, 1.807) is 18.5 Å². The summed E-state index contributed by atoms with van der Waals surface area (Å²) in [6.45, 7) is 0.428. The molecule has 4 saturated carbocycles. The number of allylic oxidation sites excluding steroid dienone is 1. The maximum absolute atomic E-state index is 11.2. The van der Waals surface area contributed by atoms with E-state index in [0.29, 0.717) is 39.3 Å². The fourth-order valence-electron chi connectivity index (χ4n) is 6.47. The van der Waals surface area contributed by atoms with E-state index in [1.807, 2.05) is 18.2 Å². The van der Waals surface area contributed by atoms with Crippen LogP contribution in [0.25, 0.3) is 28.2 Å². The summed E-state index contributed by atoms with van der Waals surface area (Å²) in [7, 11) is 0. The van der Waals surface area contributed by atoms with Gasteiger partial charge in [0, 0.05) is 34.8 Å². The predicted molar refractivity (Wildman–Crippen MR) is 157 cm³/mol. The molecule has 4 aromatic rings. The number of carboxylic acid groups (broad SMARTS) is 1. The molecule has 4 aliphatic carbocycles. The SMILES string of the molecule is O=C(O)c1ccc2cc(/C=C/C34CCC(OCc5c(-c6c(Cl)cncc6Cl)noc5C5CC5)(CC3)CC4)ccc2n1. The zero-order chi connectivity index (χ0) is 28.2. The van der Waals surface area contributed by atoms with Crippen molar-refractivity contribution in [3.05, 3.63) is 81.4 Å². The lowest BCUT2D eigenvalue weighted by molar-refractivity contribution is -0.133. The Labute approximate surface area is 247 Å². The van der Waals surface area contributed by atoms with Crippen molar-refractivity contribution in [2.45, 2.75) is 69.5 Å². The van der Waals surface area contributed by atoms with E-state index in [4.69, 9.17) is 32.5 Å². The molecule has 0 spiro atoms. The first kappa shape index (κ1) is 26.6. The number of aromatic nitrogens is 3. The van der Waals surface area contributed by atoms with Crippen LogP contribution in [0.15, 0.2) is 53.3 Å². The summed E-state index contributed by atoms with van der Waals surface area (Å²) in [5.74, 6) is 0.263. The van der Waals surface area contributed by atoms with Crippen LogP contribution in [-0.2, 0) is 11.3 Å². The Morgan fingerprint density at radius 3 is 2.46 bits per heavy atom. The molecule has 0 radical (unpaired) electrons. The first-order valence-electron chi connectivity index (χ1n) is 14.1. The van der Waals surface area contributed by atoms with Crippen LogP contribution in [-0.4, -0.2) is 31.8 Å². The predicted octanol–water partition coefficient (Wildman–Crippen LogP) is 8.49. The Bertz CT molecular complexity index is 1650. The third-order valence-electron chi connectivity index (χ3n) is 9.18. The van der Waals surface area contributed by atoms with E-state index in [-0.39, 0.29) is 16.7 Å². The second-order valence-electron chi connectivity index (χ2n) is 11.7. The zero-order valence-corrected chi connectivity index (χ0v) is 23.9. The van der Waals surface area contributed by atoms with Crippen LogP contribution < -0.4 is 0 Å². The number of nitrogens with zero attached hydrogens (tertiary/aromatic N) is 3. The van der Waals surface area contributed by atoms with Gasteiger partial charge >= 0.3 is 5.97 Å². The lowest BCUT2D eigenvalue weighted by atomic mass is 9.58. The molecule has 4 aliphatic rings. The van der Waals surface area contributed by atoms with Gasteiger partial charge in [0.25, 0.3) is 0 Å². The van der Waals surface area contributed by atoms with Crippen molar-refractivity contribution < 1.29 is 19.2 Å². The molecule has 0 unspecified atom stereocenters. The van der Waals surface area contributed by atoms with Crippen molar-refractivity contribution in [1.29, 1.82) is 0 Å². The highest BCUT2D eigenvalue weighted by Gasteiger charge is 2.48. The molecule has 4 fully saturated rings. The number of benzene rings is 1. The molecule has 0 atom stereocenters. The fraction of sp³-hybridized carbons (Fsp3) is 0.375. The summed E-state index contributed by atoms with van der Waals surface area (Å²) in [4.78, 5) is 19.5. The van der Waals surface area contributed by atoms with Gasteiger partial charge in [-0.15, -0.1) is 0 Å². The van der Waals surface area contributed by atoms with Crippen LogP contribution in [0.1, 0.15) is 84.7 Å². The quantitative estimate of drug-likeness (QED) is 0.220. The van der Waals surface area contributed by atoms with Crippen LogP contribution in [0.2, 0.25) is 10.0 Å². The van der Waals surface area contributed by atoms with Gasteiger partial charge in [-0.2, -0.15) is 0 Å². The van der Waals surface area contributed by atoms with Crippen molar-refractivity contribution in [1.82, 2.24) is 15.1 Å². The number of hydrogen-bond donors (Lipinski definition) is 1. The monoisotopic (exact) mass is 589 g/mol. The molecular weight excluding hydrogens is 561 g/mol. The van der Waals surface area contributed by atoms with Crippen LogP contribution >= 0.6 is 23.2 Å². The summed E-state index contributed by atoms with van der Waals surface area (Å²) in [5.41, 5.74) is 4.14. The van der Waals surface area contributed by atoms with Gasteiger partial charge in [-0.1, -0.05) is 52.6 Å². The summed E-state index contributed by atoms with van der Waals surface area (Å²) in [6, 6.07) is 9.33. The number of fused-ring (bicyclic) bond motifs is 4. The van der Waals surface area contributed by atoms with E-state index in [2.05, 4.69) is 33.3 Å². The minimum Gasteiger partial charge on any atom is -0.477 e. The number of pyridine rings is 2. The Morgan fingerprint density at radius 2 is 1.78 bits per heavy atom. The van der Waals surface area contributed by atoms with E-state index in [0.717, 1.165) is 73.6 Å². The molecule has 0 saturated heterocycles. The smallest absolute Gasteiger partial charge is 0.354 e. The second kappa shape index (κ2) is 10.2. The van der Waals surface area contributed by atoms with Crippen LogP contribution in [0.4, 0.5) is 0 Å². The van der Waals surface area contributed by atoms with E-state index in [1.165, 1.54) is 0 Å². The van der Waals surface area contributed by atoms with E-state index < -0.39 is 5.97 Å². The number of carboxylic acids is 1. The number of carbonyl (C=O) groups is 1. The molecule has 2 bridgehead atoms. The fourth-order valence-corrected chi connectivity index (χ4v) is 7.02. The molecule has 7 nitrogen and oxygen atoms in total. The molecule has 9 heteroatoms. The van der Waals surface area contributed by atoms with Crippen LogP contribution in [0.5, 0.6) is 0 Å². The number of rotatable bonds is 8. The van der Waals surface area contributed by atoms with Gasteiger partial charge in [-0.25, -0.2) is 9.78 Å². The highest BCUT2D eigenvalue weighted by atomic mass is 35.5. The molecule has 8 rings (SSSR count). The van der Waals surface area contributed by atoms with Crippen molar-refractivity contribution in [3.8, 4) is 11.3 Å². The molecule has 210 valence electrons. The zero-order valence-electron chi connectivity index (χ0n) is 22.4. The van der Waals surface area contributed by atoms with Crippen molar-refractivity contribution in [2.24, 2.45) is 5.41 Å². The van der Waals surface area contributed by atoms with Gasteiger partial charge in [0.15, 0.2) is 0 Å². The minimum atomic E-state index is -1.02. The van der Waals surface area contributed by atoms with Crippen LogP contribution in [0, 0.1) is 5.41 Å². The average Bonchev–Trinajstić information content (AvgIpc) is 3.75. The molecule has 0 amide bonds. The highest BCUT2D eigenvalue weighted by Crippen LogP contribution is 2.55. The summed E-state index contributed by atoms with van der Waals surface area (Å²) >= 11 is 13.0. The van der Waals surface area contributed by atoms with E-state index in [9.17, 15) is 9.90 Å². The highest BCUT2D eigenvalue weighted by molar-refractivity contribution is 6.38. The number of aromatic carboxylic acids is 1. The van der Waals surface area contributed by atoms with Crippen molar-refractivity contribution in [3.63, 3.8) is 0 Å². The molecule has 0 aliphatic heterocycles. The van der Waals surface area contributed by atoms with E-state index >= 15 is 0 Å². The Hall–Kier alpha value is -3.26. The number of halogens is 2. The molecule has 1 aromatic carbocycles. The average molecular weight is 591 g/mol. The largest absolute Gasteiger partial charge is 0.477 e. The standard InChI is InChI=1S/C32H29Cl2N3O4/c33-23-16-35-17-24(34)27(23)28-22(29(41-37-28)20-2-3-20)18-40-32-12-9-31(10-13-32,11-14-32)8-7-19-1-5-25-21(15-19)4-6-26(36-25)30(38)39/h1,4-8,15-17,20H,2-3,9-14,18H2,(H,38,39)/b8-7+. The topological polar surface area (TPSA) is 98.3 Å². The first-order valence-corrected chi connectivity index (χ1v) is 14.8. The van der Waals surface area contributed by atoms with Gasteiger partial charge in [0.1, 0.15) is 17.1 Å². The molecule has 1 N–H and O–H groups in total. The van der Waals surface area contributed by atoms with Crippen molar-refractivity contribution in [2.75, 3.05) is 0 Å². The molecule has 3 heterocycles. The van der Waals surface area contributed by atoms with Gasteiger partial charge in [0.05, 0.1) is 27.8 Å². The maximum Gasteiger partial charge on any atom is 0.354 e. The number of hydrogen-bond acceptors (Lipinski definition) is 6. The second-order valence-corrected chi connectivity index (χ2v) is 12.6. The maximum atomic E-state index is 11.2. The summed E-state index contributed by atoms with van der Waals surface area (Å²) < 4.78 is 12.6. The van der Waals surface area contributed by atoms with Crippen LogP contribution in [0.3, 0.4) is 0 Å². The number of ether oxygens (including phenoxy) is 1. The van der Waals surface area contributed by atoms with Gasteiger partial charge in [-0.3, -0.25) is 4.98 Å². The third kappa shape index (κ3) is 5.05. The van der Waals surface area contributed by atoms with Gasteiger partial charge in [-0.05, 0) is 80.5 Å². The summed E-state index contributed by atoms with van der Waals surface area (Å²) in [6.07, 6.45) is 16.2.